The van der Waals surface area contributed by atoms with Gasteiger partial charge in [-0.1, -0.05) is 42.5 Å². The standard InChI is InChI=1S/C15H12O3/c1-10-12(8-5-9-13(10)15(17)18)14(16)11-6-3-2-4-7-11/h2-9H,1H3,(H,17,18). The monoisotopic (exact) mass is 240 g/mol. The zero-order chi connectivity index (χ0) is 13.1. The molecule has 3 nitrogen and oxygen atoms in total. The van der Waals surface area contributed by atoms with Gasteiger partial charge in [0.15, 0.2) is 5.78 Å². The summed E-state index contributed by atoms with van der Waals surface area (Å²) in [5, 5.41) is 9.03. The van der Waals surface area contributed by atoms with Gasteiger partial charge in [-0.15, -0.1) is 0 Å². The number of carbonyl (C=O) groups is 2. The lowest BCUT2D eigenvalue weighted by molar-refractivity contribution is 0.0696. The highest BCUT2D eigenvalue weighted by Gasteiger charge is 2.16. The van der Waals surface area contributed by atoms with E-state index in [1.54, 1.807) is 43.3 Å². The van der Waals surface area contributed by atoms with Gasteiger partial charge in [0, 0.05) is 11.1 Å². The van der Waals surface area contributed by atoms with Gasteiger partial charge in [0.25, 0.3) is 0 Å². The maximum Gasteiger partial charge on any atom is 0.335 e. The van der Waals surface area contributed by atoms with E-state index < -0.39 is 5.97 Å². The minimum Gasteiger partial charge on any atom is -0.478 e. The van der Waals surface area contributed by atoms with Crippen LogP contribution in [0.4, 0.5) is 0 Å². The van der Waals surface area contributed by atoms with E-state index >= 15 is 0 Å². The lowest BCUT2D eigenvalue weighted by Crippen LogP contribution is -2.08. The normalized spacial score (nSPS) is 10.1. The predicted molar refractivity (Wildman–Crippen MR) is 68.0 cm³/mol. The molecule has 3 heteroatoms. The van der Waals surface area contributed by atoms with Crippen molar-refractivity contribution in [2.45, 2.75) is 6.92 Å². The maximum absolute atomic E-state index is 12.2. The van der Waals surface area contributed by atoms with Crippen LogP contribution >= 0.6 is 0 Å². The first kappa shape index (κ1) is 12.0. The zero-order valence-corrected chi connectivity index (χ0v) is 9.88. The number of hydrogen-bond donors (Lipinski definition) is 1. The molecule has 0 amide bonds. The Kier molecular flexibility index (Phi) is 3.24. The van der Waals surface area contributed by atoms with Crippen LogP contribution < -0.4 is 0 Å². The topological polar surface area (TPSA) is 54.4 Å². The van der Waals surface area contributed by atoms with Crippen LogP contribution in [0.2, 0.25) is 0 Å². The number of carbonyl (C=O) groups excluding carboxylic acids is 1. The highest BCUT2D eigenvalue weighted by Crippen LogP contribution is 2.17. The third-order valence-electron chi connectivity index (χ3n) is 2.84. The van der Waals surface area contributed by atoms with Crippen molar-refractivity contribution in [2.24, 2.45) is 0 Å². The summed E-state index contributed by atoms with van der Waals surface area (Å²) >= 11 is 0. The Morgan fingerprint density at radius 3 is 2.11 bits per heavy atom. The number of carboxylic acid groups (broad SMARTS) is 1. The minimum atomic E-state index is -1.02. The lowest BCUT2D eigenvalue weighted by atomic mass is 9.96. The van der Waals surface area contributed by atoms with Crippen molar-refractivity contribution in [2.75, 3.05) is 0 Å². The van der Waals surface area contributed by atoms with Crippen LogP contribution in [0, 0.1) is 6.92 Å². The Morgan fingerprint density at radius 2 is 1.50 bits per heavy atom. The van der Waals surface area contributed by atoms with Crippen molar-refractivity contribution in [3.63, 3.8) is 0 Å². The third kappa shape index (κ3) is 2.15. The van der Waals surface area contributed by atoms with Crippen LogP contribution in [-0.4, -0.2) is 16.9 Å². The summed E-state index contributed by atoms with van der Waals surface area (Å²) in [6.45, 7) is 1.65. The van der Waals surface area contributed by atoms with Gasteiger partial charge in [-0.2, -0.15) is 0 Å². The Labute approximate surface area is 105 Å². The SMILES string of the molecule is Cc1c(C(=O)O)cccc1C(=O)c1ccccc1. The summed E-state index contributed by atoms with van der Waals surface area (Å²) in [6, 6.07) is 13.6. The highest BCUT2D eigenvalue weighted by atomic mass is 16.4. The molecular weight excluding hydrogens is 228 g/mol. The van der Waals surface area contributed by atoms with Crippen molar-refractivity contribution in [3.8, 4) is 0 Å². The molecule has 90 valence electrons. The van der Waals surface area contributed by atoms with E-state index in [1.807, 2.05) is 6.07 Å². The fourth-order valence-electron chi connectivity index (χ4n) is 1.86. The van der Waals surface area contributed by atoms with Crippen molar-refractivity contribution < 1.29 is 14.7 Å². The molecule has 2 aromatic rings. The fraction of sp³-hybridized carbons (Fsp3) is 0.0667. The Morgan fingerprint density at radius 1 is 0.889 bits per heavy atom. The van der Waals surface area contributed by atoms with E-state index in [4.69, 9.17) is 5.11 Å². The average Bonchev–Trinajstić information content (AvgIpc) is 2.39. The van der Waals surface area contributed by atoms with Gasteiger partial charge in [-0.3, -0.25) is 4.79 Å². The fourth-order valence-corrected chi connectivity index (χ4v) is 1.86. The van der Waals surface area contributed by atoms with E-state index in [0.717, 1.165) is 0 Å². The number of aromatic carboxylic acids is 1. The molecule has 2 aromatic carbocycles. The van der Waals surface area contributed by atoms with Crippen molar-refractivity contribution >= 4 is 11.8 Å². The molecule has 0 bridgehead atoms. The van der Waals surface area contributed by atoms with E-state index in [0.29, 0.717) is 16.7 Å². The first-order chi connectivity index (χ1) is 8.61. The van der Waals surface area contributed by atoms with Crippen LogP contribution in [0.1, 0.15) is 31.8 Å². The molecule has 0 aliphatic heterocycles. The molecule has 0 spiro atoms. The summed E-state index contributed by atoms with van der Waals surface area (Å²) in [4.78, 5) is 23.3. The molecular formula is C15H12O3. The number of carboxylic acids is 1. The zero-order valence-electron chi connectivity index (χ0n) is 9.88. The summed E-state index contributed by atoms with van der Waals surface area (Å²) in [6.07, 6.45) is 0. The second-order valence-electron chi connectivity index (χ2n) is 3.98. The summed E-state index contributed by atoms with van der Waals surface area (Å²) in [7, 11) is 0. The average molecular weight is 240 g/mol. The first-order valence-electron chi connectivity index (χ1n) is 5.54. The molecule has 18 heavy (non-hydrogen) atoms. The second-order valence-corrected chi connectivity index (χ2v) is 3.98. The smallest absolute Gasteiger partial charge is 0.335 e. The van der Waals surface area contributed by atoms with Crippen molar-refractivity contribution in [1.82, 2.24) is 0 Å². The summed E-state index contributed by atoms with van der Waals surface area (Å²) in [5.41, 5.74) is 1.65. The van der Waals surface area contributed by atoms with Crippen molar-refractivity contribution in [3.05, 3.63) is 70.8 Å². The van der Waals surface area contributed by atoms with Gasteiger partial charge in [-0.25, -0.2) is 4.79 Å². The van der Waals surface area contributed by atoms with Gasteiger partial charge in [0.2, 0.25) is 0 Å². The van der Waals surface area contributed by atoms with E-state index in [1.165, 1.54) is 6.07 Å². The van der Waals surface area contributed by atoms with Gasteiger partial charge < -0.3 is 5.11 Å². The molecule has 0 aromatic heterocycles. The molecule has 0 fully saturated rings. The van der Waals surface area contributed by atoms with Crippen LogP contribution in [0.15, 0.2) is 48.5 Å². The quantitative estimate of drug-likeness (QED) is 0.839. The van der Waals surface area contributed by atoms with E-state index in [-0.39, 0.29) is 11.3 Å². The molecule has 0 heterocycles. The van der Waals surface area contributed by atoms with E-state index in [9.17, 15) is 9.59 Å². The van der Waals surface area contributed by atoms with Crippen LogP contribution in [0.25, 0.3) is 0 Å². The van der Waals surface area contributed by atoms with Gasteiger partial charge in [-0.05, 0) is 18.6 Å². The van der Waals surface area contributed by atoms with Crippen LogP contribution in [0.3, 0.4) is 0 Å². The summed E-state index contributed by atoms with van der Waals surface area (Å²) in [5.74, 6) is -1.17. The molecule has 0 aliphatic rings. The van der Waals surface area contributed by atoms with Crippen LogP contribution in [0.5, 0.6) is 0 Å². The Hall–Kier alpha value is -2.42. The largest absolute Gasteiger partial charge is 0.478 e. The highest BCUT2D eigenvalue weighted by molar-refractivity contribution is 6.11. The molecule has 0 aliphatic carbocycles. The maximum atomic E-state index is 12.2. The minimum absolute atomic E-state index is 0.156. The molecule has 0 saturated carbocycles. The van der Waals surface area contributed by atoms with Gasteiger partial charge in [0.1, 0.15) is 0 Å². The molecule has 1 N–H and O–H groups in total. The number of rotatable bonds is 3. The molecule has 0 radical (unpaired) electrons. The lowest BCUT2D eigenvalue weighted by Gasteiger charge is -2.07. The first-order valence-corrected chi connectivity index (χ1v) is 5.54. The Bertz CT molecular complexity index is 600. The Balaban J connectivity index is 2.50. The van der Waals surface area contributed by atoms with Crippen molar-refractivity contribution in [1.29, 1.82) is 0 Å². The van der Waals surface area contributed by atoms with E-state index in [2.05, 4.69) is 0 Å². The molecule has 0 saturated heterocycles. The summed E-state index contributed by atoms with van der Waals surface area (Å²) < 4.78 is 0. The third-order valence-corrected chi connectivity index (χ3v) is 2.84. The number of hydrogen-bond acceptors (Lipinski definition) is 2. The molecule has 2 rings (SSSR count). The second kappa shape index (κ2) is 4.84. The number of benzene rings is 2. The predicted octanol–water partition coefficient (Wildman–Crippen LogP) is 2.92. The van der Waals surface area contributed by atoms with Gasteiger partial charge in [0.05, 0.1) is 5.56 Å². The molecule has 0 unspecified atom stereocenters. The molecule has 0 atom stereocenters. The number of ketones is 1. The van der Waals surface area contributed by atoms with Gasteiger partial charge >= 0.3 is 5.97 Å². The van der Waals surface area contributed by atoms with Crippen LogP contribution in [-0.2, 0) is 0 Å².